The third kappa shape index (κ3) is 2.16. The molecule has 0 bridgehead atoms. The lowest BCUT2D eigenvalue weighted by atomic mass is 10.1. The molecule has 0 aromatic carbocycles. The van der Waals surface area contributed by atoms with Crippen LogP contribution in [0.1, 0.15) is 0 Å². The average molecular weight is 209 g/mol. The van der Waals surface area contributed by atoms with Gasteiger partial charge >= 0.3 is 6.18 Å². The zero-order chi connectivity index (χ0) is 10.1. The molecule has 0 saturated heterocycles. The maximum Gasteiger partial charge on any atom is 0.415 e. The highest BCUT2D eigenvalue weighted by atomic mass is 35.5. The summed E-state index contributed by atoms with van der Waals surface area (Å²) < 4.78 is 36.5. The Labute approximate surface area is 77.3 Å². The van der Waals surface area contributed by atoms with Crippen molar-refractivity contribution in [3.05, 3.63) is 22.9 Å². The molecule has 1 heterocycles. The molecule has 1 atom stereocenters. The molecule has 0 aromatic rings. The summed E-state index contributed by atoms with van der Waals surface area (Å²) in [5.41, 5.74) is -0.931. The number of rotatable bonds is 0. The molecule has 0 spiro atoms. The Bertz CT molecular complexity index is 311. The van der Waals surface area contributed by atoms with Crippen LogP contribution in [0.2, 0.25) is 0 Å². The van der Waals surface area contributed by atoms with Gasteiger partial charge in [-0.3, -0.25) is 0 Å². The quantitative estimate of drug-likeness (QED) is 0.619. The van der Waals surface area contributed by atoms with Gasteiger partial charge in [0, 0.05) is 0 Å². The number of alkyl halides is 3. The first kappa shape index (κ1) is 9.93. The zero-order valence-electron chi connectivity index (χ0n) is 6.19. The number of hydrogen-bond donors (Lipinski definition) is 1. The van der Waals surface area contributed by atoms with E-state index in [1.165, 1.54) is 6.07 Å². The number of nitriles is 1. The van der Waals surface area contributed by atoms with E-state index in [1.807, 2.05) is 0 Å². The second-order valence-corrected chi connectivity index (χ2v) is 2.75. The Balaban J connectivity index is 3.01. The minimum Gasteiger partial charge on any atom is -0.357 e. The maximum atomic E-state index is 12.2. The van der Waals surface area contributed by atoms with Crippen molar-refractivity contribution in [2.24, 2.45) is 0 Å². The van der Waals surface area contributed by atoms with Gasteiger partial charge in [-0.1, -0.05) is 11.6 Å². The van der Waals surface area contributed by atoms with E-state index in [-0.39, 0.29) is 5.16 Å². The Morgan fingerprint density at radius 3 is 2.54 bits per heavy atom. The van der Waals surface area contributed by atoms with E-state index >= 15 is 0 Å². The molecule has 0 aromatic heterocycles. The van der Waals surface area contributed by atoms with Crippen LogP contribution in [-0.2, 0) is 0 Å². The van der Waals surface area contributed by atoms with Gasteiger partial charge in [-0.05, 0) is 12.2 Å². The van der Waals surface area contributed by atoms with Crippen molar-refractivity contribution in [3.63, 3.8) is 0 Å². The van der Waals surface area contributed by atoms with E-state index in [1.54, 1.807) is 0 Å². The molecule has 0 fully saturated rings. The molecule has 1 aliphatic heterocycles. The molecule has 0 amide bonds. The van der Waals surface area contributed by atoms with Crippen LogP contribution < -0.4 is 5.32 Å². The van der Waals surface area contributed by atoms with Crippen molar-refractivity contribution in [2.45, 2.75) is 12.2 Å². The fourth-order valence-corrected chi connectivity index (χ4v) is 1.05. The summed E-state index contributed by atoms with van der Waals surface area (Å²) in [4.78, 5) is 0. The molecule has 2 nitrogen and oxygen atoms in total. The Morgan fingerprint density at radius 1 is 1.46 bits per heavy atom. The highest BCUT2D eigenvalue weighted by Gasteiger charge is 2.39. The summed E-state index contributed by atoms with van der Waals surface area (Å²) in [6.07, 6.45) is -2.63. The van der Waals surface area contributed by atoms with E-state index in [0.29, 0.717) is 0 Å². The van der Waals surface area contributed by atoms with Crippen molar-refractivity contribution >= 4 is 11.6 Å². The van der Waals surface area contributed by atoms with Crippen LogP contribution >= 0.6 is 11.6 Å². The van der Waals surface area contributed by atoms with E-state index in [2.05, 4.69) is 5.32 Å². The lowest BCUT2D eigenvalue weighted by Gasteiger charge is -2.20. The fraction of sp³-hybridized carbons (Fsp3) is 0.286. The first-order chi connectivity index (χ1) is 5.95. The molecule has 6 heteroatoms. The van der Waals surface area contributed by atoms with Gasteiger partial charge in [-0.25, -0.2) is 0 Å². The molecule has 1 N–H and O–H groups in total. The molecular weight excluding hydrogens is 205 g/mol. The first-order valence-corrected chi connectivity index (χ1v) is 3.63. The van der Waals surface area contributed by atoms with Crippen molar-refractivity contribution < 1.29 is 13.2 Å². The molecule has 0 aliphatic carbocycles. The van der Waals surface area contributed by atoms with Crippen LogP contribution in [0.4, 0.5) is 13.2 Å². The summed E-state index contributed by atoms with van der Waals surface area (Å²) in [7, 11) is 0. The van der Waals surface area contributed by atoms with Crippen LogP contribution in [0.15, 0.2) is 22.9 Å². The summed E-state index contributed by atoms with van der Waals surface area (Å²) in [6, 6.07) is 0.0473. The number of allylic oxidation sites excluding steroid dienone is 2. The van der Waals surface area contributed by atoms with Crippen molar-refractivity contribution in [3.8, 4) is 6.07 Å². The summed E-state index contributed by atoms with van der Waals surface area (Å²) in [5.74, 6) is 0. The highest BCUT2D eigenvalue weighted by molar-refractivity contribution is 6.29. The molecule has 1 aliphatic rings. The van der Waals surface area contributed by atoms with Gasteiger partial charge in [0.2, 0.25) is 0 Å². The number of hydrogen-bond acceptors (Lipinski definition) is 2. The molecule has 1 rings (SSSR count). The smallest absolute Gasteiger partial charge is 0.357 e. The third-order valence-corrected chi connectivity index (χ3v) is 1.69. The standard InChI is InChI=1S/C7H4ClF3N2/c8-6-2-1-4(7(9,10)11)5(3-12)13-6/h1-2,5,13H. The van der Waals surface area contributed by atoms with Crippen LogP contribution in [0.3, 0.4) is 0 Å². The molecular formula is C7H4ClF3N2. The van der Waals surface area contributed by atoms with E-state index in [0.717, 1.165) is 12.2 Å². The zero-order valence-corrected chi connectivity index (χ0v) is 6.95. The fourth-order valence-electron chi connectivity index (χ4n) is 0.883. The summed E-state index contributed by atoms with van der Waals surface area (Å²) in [6.45, 7) is 0. The number of nitrogens with one attached hydrogen (secondary N) is 1. The van der Waals surface area contributed by atoms with E-state index < -0.39 is 17.8 Å². The topological polar surface area (TPSA) is 35.8 Å². The second-order valence-electron chi connectivity index (χ2n) is 2.34. The van der Waals surface area contributed by atoms with Gasteiger partial charge in [0.25, 0.3) is 0 Å². The monoisotopic (exact) mass is 208 g/mol. The predicted molar refractivity (Wildman–Crippen MR) is 40.6 cm³/mol. The van der Waals surface area contributed by atoms with Crippen molar-refractivity contribution in [1.82, 2.24) is 5.32 Å². The number of halogens is 4. The highest BCUT2D eigenvalue weighted by Crippen LogP contribution is 2.30. The van der Waals surface area contributed by atoms with Gasteiger partial charge in [-0.15, -0.1) is 0 Å². The van der Waals surface area contributed by atoms with Gasteiger partial charge in [-0.2, -0.15) is 18.4 Å². The lowest BCUT2D eigenvalue weighted by Crippen LogP contribution is -2.35. The third-order valence-electron chi connectivity index (χ3n) is 1.46. The largest absolute Gasteiger partial charge is 0.415 e. The van der Waals surface area contributed by atoms with Gasteiger partial charge in [0.05, 0.1) is 11.6 Å². The number of dihydropyridines is 1. The van der Waals surface area contributed by atoms with Crippen LogP contribution in [0.5, 0.6) is 0 Å². The van der Waals surface area contributed by atoms with Crippen LogP contribution in [-0.4, -0.2) is 12.2 Å². The Kier molecular flexibility index (Phi) is 2.52. The first-order valence-electron chi connectivity index (χ1n) is 3.26. The van der Waals surface area contributed by atoms with Crippen molar-refractivity contribution in [2.75, 3.05) is 0 Å². The van der Waals surface area contributed by atoms with Gasteiger partial charge in [0.15, 0.2) is 0 Å². The molecule has 0 radical (unpaired) electrons. The SMILES string of the molecule is N#CC1NC(Cl)=CC=C1C(F)(F)F. The second kappa shape index (κ2) is 3.30. The maximum absolute atomic E-state index is 12.2. The summed E-state index contributed by atoms with van der Waals surface area (Å²) >= 11 is 5.39. The minimum absolute atomic E-state index is 0.0274. The van der Waals surface area contributed by atoms with Gasteiger partial charge in [0.1, 0.15) is 11.2 Å². The Morgan fingerprint density at radius 2 is 2.08 bits per heavy atom. The minimum atomic E-state index is -4.50. The predicted octanol–water partition coefficient (Wildman–Crippen LogP) is 2.05. The summed E-state index contributed by atoms with van der Waals surface area (Å²) in [5, 5.41) is 10.6. The van der Waals surface area contributed by atoms with Gasteiger partial charge < -0.3 is 5.32 Å². The number of nitrogens with zero attached hydrogens (tertiary/aromatic N) is 1. The normalized spacial score (nSPS) is 22.5. The van der Waals surface area contributed by atoms with Crippen LogP contribution in [0, 0.1) is 11.3 Å². The van der Waals surface area contributed by atoms with Crippen LogP contribution in [0.25, 0.3) is 0 Å². The lowest BCUT2D eigenvalue weighted by molar-refractivity contribution is -0.0949. The molecule has 0 saturated carbocycles. The Hall–Kier alpha value is -1.15. The van der Waals surface area contributed by atoms with E-state index in [9.17, 15) is 13.2 Å². The molecule has 1 unspecified atom stereocenters. The molecule has 70 valence electrons. The molecule has 13 heavy (non-hydrogen) atoms. The average Bonchev–Trinajstić information content (AvgIpc) is 2.01. The van der Waals surface area contributed by atoms with E-state index in [4.69, 9.17) is 16.9 Å². The van der Waals surface area contributed by atoms with Crippen molar-refractivity contribution in [1.29, 1.82) is 5.26 Å².